The zero-order chi connectivity index (χ0) is 18.7. The highest BCUT2D eigenvalue weighted by Gasteiger charge is 2.16. The van der Waals surface area contributed by atoms with Gasteiger partial charge in [0.2, 0.25) is 0 Å². The number of hydrogen-bond donors (Lipinski definition) is 1. The fourth-order valence-electron chi connectivity index (χ4n) is 2.49. The molecule has 0 radical (unpaired) electrons. The molecule has 0 saturated heterocycles. The molecular weight excluding hydrogens is 356 g/mol. The number of hydrogen-bond acceptors (Lipinski definition) is 4. The lowest BCUT2D eigenvalue weighted by molar-refractivity contribution is -0.384. The van der Waals surface area contributed by atoms with Crippen LogP contribution in [0.25, 0.3) is 11.3 Å². The van der Waals surface area contributed by atoms with Gasteiger partial charge < -0.3 is 9.73 Å². The number of non-ortho nitro benzene ring substituents is 1. The molecule has 3 aromatic rings. The predicted molar refractivity (Wildman–Crippen MR) is 98.1 cm³/mol. The Morgan fingerprint density at radius 1 is 1.15 bits per heavy atom. The Labute approximate surface area is 154 Å². The van der Waals surface area contributed by atoms with Gasteiger partial charge in [-0.2, -0.15) is 0 Å². The van der Waals surface area contributed by atoms with Gasteiger partial charge in [-0.15, -0.1) is 0 Å². The Bertz CT molecular complexity index is 950. The molecule has 0 saturated carbocycles. The summed E-state index contributed by atoms with van der Waals surface area (Å²) in [5, 5.41) is 14.3. The second-order valence-corrected chi connectivity index (χ2v) is 6.15. The number of halogens is 1. The third-order valence-corrected chi connectivity index (χ3v) is 4.14. The molecule has 6 nitrogen and oxygen atoms in total. The van der Waals surface area contributed by atoms with E-state index in [0.29, 0.717) is 16.3 Å². The molecule has 1 unspecified atom stereocenters. The van der Waals surface area contributed by atoms with E-state index in [2.05, 4.69) is 5.32 Å². The Kier molecular flexibility index (Phi) is 5.04. The lowest BCUT2D eigenvalue weighted by atomic mass is 10.1. The molecule has 0 aliphatic rings. The van der Waals surface area contributed by atoms with E-state index in [9.17, 15) is 14.9 Å². The van der Waals surface area contributed by atoms with E-state index in [-0.39, 0.29) is 23.4 Å². The minimum atomic E-state index is -0.478. The summed E-state index contributed by atoms with van der Waals surface area (Å²) in [6.07, 6.45) is 0. The highest BCUT2D eigenvalue weighted by atomic mass is 35.5. The molecule has 7 heteroatoms. The Hall–Kier alpha value is -3.12. The molecule has 1 heterocycles. The molecule has 2 aromatic carbocycles. The van der Waals surface area contributed by atoms with Crippen molar-refractivity contribution in [1.82, 2.24) is 5.32 Å². The lowest BCUT2D eigenvalue weighted by Gasteiger charge is -2.13. The second kappa shape index (κ2) is 7.41. The van der Waals surface area contributed by atoms with E-state index in [1.165, 1.54) is 18.2 Å². The Balaban J connectivity index is 1.74. The second-order valence-electron chi connectivity index (χ2n) is 5.72. The van der Waals surface area contributed by atoms with Gasteiger partial charge in [0.15, 0.2) is 5.76 Å². The minimum absolute atomic E-state index is 0.0405. The lowest BCUT2D eigenvalue weighted by Crippen LogP contribution is -2.26. The first-order valence-corrected chi connectivity index (χ1v) is 8.23. The van der Waals surface area contributed by atoms with Gasteiger partial charge in [-0.05, 0) is 36.8 Å². The van der Waals surface area contributed by atoms with E-state index in [1.807, 2.05) is 19.1 Å². The summed E-state index contributed by atoms with van der Waals surface area (Å²) in [4.78, 5) is 22.8. The van der Waals surface area contributed by atoms with Crippen LogP contribution in [0.15, 0.2) is 65.1 Å². The summed E-state index contributed by atoms with van der Waals surface area (Å²) in [7, 11) is 0. The molecule has 132 valence electrons. The van der Waals surface area contributed by atoms with Crippen molar-refractivity contribution in [3.05, 3.63) is 87.1 Å². The summed E-state index contributed by atoms with van der Waals surface area (Å²) < 4.78 is 5.57. The van der Waals surface area contributed by atoms with Gasteiger partial charge in [0, 0.05) is 22.7 Å². The summed E-state index contributed by atoms with van der Waals surface area (Å²) in [5.41, 5.74) is 1.40. The number of rotatable bonds is 5. The molecule has 1 amide bonds. The van der Waals surface area contributed by atoms with Crippen molar-refractivity contribution in [2.75, 3.05) is 0 Å². The van der Waals surface area contributed by atoms with E-state index in [0.717, 1.165) is 5.56 Å². The maximum Gasteiger partial charge on any atom is 0.287 e. The third kappa shape index (κ3) is 3.92. The molecular formula is C19H15ClN2O4. The summed E-state index contributed by atoms with van der Waals surface area (Å²) >= 11 is 5.87. The number of carbonyl (C=O) groups is 1. The topological polar surface area (TPSA) is 85.4 Å². The van der Waals surface area contributed by atoms with Crippen LogP contribution in [0.5, 0.6) is 0 Å². The number of nitrogens with zero attached hydrogens (tertiary/aromatic N) is 1. The first-order chi connectivity index (χ1) is 12.4. The maximum atomic E-state index is 12.4. The van der Waals surface area contributed by atoms with Gasteiger partial charge in [-0.3, -0.25) is 14.9 Å². The van der Waals surface area contributed by atoms with Gasteiger partial charge in [0.25, 0.3) is 11.6 Å². The zero-order valence-electron chi connectivity index (χ0n) is 13.8. The smallest absolute Gasteiger partial charge is 0.287 e. The molecule has 0 fully saturated rings. The molecule has 0 aliphatic heterocycles. The van der Waals surface area contributed by atoms with Crippen LogP contribution in [0, 0.1) is 10.1 Å². The first-order valence-electron chi connectivity index (χ1n) is 7.85. The fraction of sp³-hybridized carbons (Fsp3) is 0.105. The van der Waals surface area contributed by atoms with Crippen LogP contribution in [0.1, 0.15) is 29.1 Å². The average molecular weight is 371 g/mol. The average Bonchev–Trinajstić information content (AvgIpc) is 3.12. The number of nitro groups is 1. The number of nitro benzene ring substituents is 1. The highest BCUT2D eigenvalue weighted by molar-refractivity contribution is 6.30. The number of furan rings is 1. The van der Waals surface area contributed by atoms with Crippen LogP contribution in [0.3, 0.4) is 0 Å². The molecule has 26 heavy (non-hydrogen) atoms. The van der Waals surface area contributed by atoms with Crippen molar-refractivity contribution in [2.24, 2.45) is 0 Å². The van der Waals surface area contributed by atoms with Gasteiger partial charge >= 0.3 is 0 Å². The van der Waals surface area contributed by atoms with Crippen LogP contribution in [0.4, 0.5) is 5.69 Å². The Morgan fingerprint density at radius 2 is 1.88 bits per heavy atom. The van der Waals surface area contributed by atoms with Crippen LogP contribution in [-0.2, 0) is 0 Å². The maximum absolute atomic E-state index is 12.4. The SMILES string of the molecule is CC(NC(=O)c1ccc(-c2cccc([N+](=O)[O-])c2)o1)c1ccc(Cl)cc1. The molecule has 1 N–H and O–H groups in total. The molecule has 3 rings (SSSR count). The quantitative estimate of drug-likeness (QED) is 0.506. The van der Waals surface area contributed by atoms with Gasteiger partial charge in [-0.25, -0.2) is 0 Å². The van der Waals surface area contributed by atoms with E-state index in [1.54, 1.807) is 30.3 Å². The molecule has 0 bridgehead atoms. The van der Waals surface area contributed by atoms with Crippen molar-refractivity contribution in [1.29, 1.82) is 0 Å². The van der Waals surface area contributed by atoms with Crippen LogP contribution < -0.4 is 5.32 Å². The number of nitrogens with one attached hydrogen (secondary N) is 1. The van der Waals surface area contributed by atoms with Crippen LogP contribution in [-0.4, -0.2) is 10.8 Å². The molecule has 1 atom stereocenters. The Morgan fingerprint density at radius 3 is 2.58 bits per heavy atom. The molecule has 0 aliphatic carbocycles. The minimum Gasteiger partial charge on any atom is -0.451 e. The monoisotopic (exact) mass is 370 g/mol. The summed E-state index contributed by atoms with van der Waals surface area (Å²) in [6, 6.07) is 16.2. The predicted octanol–water partition coefficient (Wildman–Crippen LogP) is 5.00. The number of amides is 1. The largest absolute Gasteiger partial charge is 0.451 e. The zero-order valence-corrected chi connectivity index (χ0v) is 14.6. The van der Waals surface area contributed by atoms with Crippen molar-refractivity contribution in [3.8, 4) is 11.3 Å². The first kappa shape index (κ1) is 17.7. The fourth-order valence-corrected chi connectivity index (χ4v) is 2.62. The van der Waals surface area contributed by atoms with Crippen LogP contribution >= 0.6 is 11.6 Å². The van der Waals surface area contributed by atoms with Gasteiger partial charge in [0.1, 0.15) is 5.76 Å². The molecule has 1 aromatic heterocycles. The highest BCUT2D eigenvalue weighted by Crippen LogP contribution is 2.26. The van der Waals surface area contributed by atoms with Gasteiger partial charge in [-0.1, -0.05) is 35.9 Å². The van der Waals surface area contributed by atoms with E-state index < -0.39 is 4.92 Å². The number of carbonyl (C=O) groups excluding carboxylic acids is 1. The van der Waals surface area contributed by atoms with Crippen molar-refractivity contribution in [3.63, 3.8) is 0 Å². The standard InChI is InChI=1S/C19H15ClN2O4/c1-12(13-5-7-15(20)8-6-13)21-19(23)18-10-9-17(26-18)14-3-2-4-16(11-14)22(24)25/h2-12H,1H3,(H,21,23). The summed E-state index contributed by atoms with van der Waals surface area (Å²) in [6.45, 7) is 1.85. The molecule has 0 spiro atoms. The third-order valence-electron chi connectivity index (χ3n) is 3.89. The van der Waals surface area contributed by atoms with Crippen molar-refractivity contribution >= 4 is 23.2 Å². The van der Waals surface area contributed by atoms with Crippen LogP contribution in [0.2, 0.25) is 5.02 Å². The summed E-state index contributed by atoms with van der Waals surface area (Å²) in [5.74, 6) is 0.148. The number of benzene rings is 2. The van der Waals surface area contributed by atoms with E-state index >= 15 is 0 Å². The van der Waals surface area contributed by atoms with Crippen molar-refractivity contribution in [2.45, 2.75) is 13.0 Å². The van der Waals surface area contributed by atoms with E-state index in [4.69, 9.17) is 16.0 Å². The normalized spacial score (nSPS) is 11.8. The van der Waals surface area contributed by atoms with Gasteiger partial charge in [0.05, 0.1) is 11.0 Å². The van der Waals surface area contributed by atoms with Crippen molar-refractivity contribution < 1.29 is 14.1 Å².